The summed E-state index contributed by atoms with van der Waals surface area (Å²) in [5.41, 5.74) is 2.68. The number of hydrogen-bond donors (Lipinski definition) is 1. The molecule has 2 aromatic carbocycles. The Balaban J connectivity index is 1.88. The van der Waals surface area contributed by atoms with Crippen LogP contribution in [0.2, 0.25) is 0 Å². The predicted molar refractivity (Wildman–Crippen MR) is 80.1 cm³/mol. The fourth-order valence-electron chi connectivity index (χ4n) is 1.79. The van der Waals surface area contributed by atoms with Crippen LogP contribution in [0.15, 0.2) is 53.7 Å². The third-order valence-electron chi connectivity index (χ3n) is 2.95. The molecular formula is C16H18N2O2. The molecule has 0 aliphatic rings. The molecule has 0 radical (unpaired) electrons. The first-order valence-corrected chi connectivity index (χ1v) is 6.66. The summed E-state index contributed by atoms with van der Waals surface area (Å²) in [6.07, 6.45) is 0. The maximum Gasteiger partial charge on any atom is 0.119 e. The van der Waals surface area contributed by atoms with Crippen LogP contribution in [-0.2, 0) is 13.2 Å². The second kappa shape index (κ2) is 7.40. The quantitative estimate of drug-likeness (QED) is 0.779. The first-order valence-electron chi connectivity index (χ1n) is 6.66. The van der Waals surface area contributed by atoms with Gasteiger partial charge in [-0.15, -0.1) is 4.91 Å². The smallest absolute Gasteiger partial charge is 0.119 e. The summed E-state index contributed by atoms with van der Waals surface area (Å²) in [7, 11) is 0. The Morgan fingerprint density at radius 2 is 1.65 bits per heavy atom. The van der Waals surface area contributed by atoms with E-state index in [2.05, 4.69) is 29.6 Å². The van der Waals surface area contributed by atoms with Crippen LogP contribution in [0.5, 0.6) is 5.75 Å². The number of nitrogens with one attached hydrogen (secondary N) is 1. The lowest BCUT2D eigenvalue weighted by Crippen LogP contribution is -2.11. The van der Waals surface area contributed by atoms with Crippen molar-refractivity contribution in [3.05, 3.63) is 64.6 Å². The molecule has 0 aliphatic carbocycles. The van der Waals surface area contributed by atoms with Gasteiger partial charge in [-0.05, 0) is 47.1 Å². The highest BCUT2D eigenvalue weighted by molar-refractivity contribution is 5.38. The molecule has 20 heavy (non-hydrogen) atoms. The Kier molecular flexibility index (Phi) is 5.26. The lowest BCUT2D eigenvalue weighted by molar-refractivity contribution is 0.306. The van der Waals surface area contributed by atoms with Crippen molar-refractivity contribution in [1.82, 2.24) is 5.32 Å². The van der Waals surface area contributed by atoms with Crippen LogP contribution < -0.4 is 10.1 Å². The second-order valence-corrected chi connectivity index (χ2v) is 4.47. The average Bonchev–Trinajstić information content (AvgIpc) is 2.52. The van der Waals surface area contributed by atoms with Gasteiger partial charge in [-0.2, -0.15) is 0 Å². The zero-order valence-corrected chi connectivity index (χ0v) is 11.5. The van der Waals surface area contributed by atoms with Gasteiger partial charge in [-0.1, -0.05) is 31.2 Å². The van der Waals surface area contributed by atoms with Crippen LogP contribution in [0.4, 0.5) is 5.69 Å². The molecule has 0 aromatic heterocycles. The summed E-state index contributed by atoms with van der Waals surface area (Å²) in [6, 6.07) is 15.1. The van der Waals surface area contributed by atoms with E-state index in [0.717, 1.165) is 24.4 Å². The highest BCUT2D eigenvalue weighted by atomic mass is 16.5. The molecule has 0 saturated carbocycles. The molecule has 0 atom stereocenters. The molecule has 0 unspecified atom stereocenters. The van der Waals surface area contributed by atoms with E-state index in [1.807, 2.05) is 24.3 Å². The van der Waals surface area contributed by atoms with Crippen LogP contribution in [0.3, 0.4) is 0 Å². The van der Waals surface area contributed by atoms with Crippen LogP contribution in [0, 0.1) is 4.91 Å². The largest absolute Gasteiger partial charge is 0.489 e. The molecule has 2 rings (SSSR count). The minimum Gasteiger partial charge on any atom is -0.489 e. The topological polar surface area (TPSA) is 50.7 Å². The number of benzene rings is 2. The normalized spacial score (nSPS) is 10.2. The summed E-state index contributed by atoms with van der Waals surface area (Å²) < 4.78 is 5.70. The fraction of sp³-hybridized carbons (Fsp3) is 0.250. The van der Waals surface area contributed by atoms with Crippen molar-refractivity contribution in [2.24, 2.45) is 5.18 Å². The van der Waals surface area contributed by atoms with Gasteiger partial charge in [0.25, 0.3) is 0 Å². The molecular weight excluding hydrogens is 252 g/mol. The van der Waals surface area contributed by atoms with Crippen molar-refractivity contribution in [3.63, 3.8) is 0 Å². The molecule has 1 N–H and O–H groups in total. The predicted octanol–water partition coefficient (Wildman–Crippen LogP) is 3.77. The molecule has 0 heterocycles. The third-order valence-corrected chi connectivity index (χ3v) is 2.95. The summed E-state index contributed by atoms with van der Waals surface area (Å²) in [4.78, 5) is 10.3. The van der Waals surface area contributed by atoms with E-state index in [0.29, 0.717) is 12.3 Å². The summed E-state index contributed by atoms with van der Waals surface area (Å²) in [6.45, 7) is 4.40. The molecule has 0 saturated heterocycles. The number of ether oxygens (including phenoxy) is 1. The Bertz CT molecular complexity index is 535. The number of nitroso groups, excluding NO2 is 1. The van der Waals surface area contributed by atoms with E-state index in [1.54, 1.807) is 12.1 Å². The first kappa shape index (κ1) is 14.2. The fourth-order valence-corrected chi connectivity index (χ4v) is 1.79. The maximum absolute atomic E-state index is 10.3. The molecule has 104 valence electrons. The van der Waals surface area contributed by atoms with Gasteiger partial charge in [0.05, 0.1) is 0 Å². The van der Waals surface area contributed by atoms with Gasteiger partial charge in [0.2, 0.25) is 0 Å². The minimum absolute atomic E-state index is 0.432. The van der Waals surface area contributed by atoms with Gasteiger partial charge in [0.1, 0.15) is 18.0 Å². The Hall–Kier alpha value is -2.20. The average molecular weight is 270 g/mol. The van der Waals surface area contributed by atoms with Crippen LogP contribution in [0.25, 0.3) is 0 Å². The van der Waals surface area contributed by atoms with E-state index in [4.69, 9.17) is 4.74 Å². The van der Waals surface area contributed by atoms with E-state index in [-0.39, 0.29) is 0 Å². The van der Waals surface area contributed by atoms with Crippen molar-refractivity contribution >= 4 is 5.69 Å². The van der Waals surface area contributed by atoms with Crippen molar-refractivity contribution in [3.8, 4) is 5.75 Å². The van der Waals surface area contributed by atoms with E-state index in [9.17, 15) is 4.91 Å². The zero-order chi connectivity index (χ0) is 14.2. The van der Waals surface area contributed by atoms with E-state index < -0.39 is 0 Å². The monoisotopic (exact) mass is 270 g/mol. The maximum atomic E-state index is 10.3. The summed E-state index contributed by atoms with van der Waals surface area (Å²) >= 11 is 0. The molecule has 0 spiro atoms. The van der Waals surface area contributed by atoms with E-state index in [1.165, 1.54) is 5.56 Å². The van der Waals surface area contributed by atoms with E-state index >= 15 is 0 Å². The van der Waals surface area contributed by atoms with Gasteiger partial charge in [-0.25, -0.2) is 0 Å². The zero-order valence-electron chi connectivity index (χ0n) is 11.5. The number of nitrogens with zero attached hydrogens (tertiary/aromatic N) is 1. The van der Waals surface area contributed by atoms with Crippen LogP contribution >= 0.6 is 0 Å². The van der Waals surface area contributed by atoms with Gasteiger partial charge >= 0.3 is 0 Å². The molecule has 4 nitrogen and oxygen atoms in total. The highest BCUT2D eigenvalue weighted by Gasteiger charge is 1.98. The molecule has 0 bridgehead atoms. The summed E-state index contributed by atoms with van der Waals surface area (Å²) in [5, 5.41) is 6.14. The Labute approximate surface area is 118 Å². The Morgan fingerprint density at radius 3 is 2.25 bits per heavy atom. The number of rotatable bonds is 7. The summed E-state index contributed by atoms with van der Waals surface area (Å²) in [5.74, 6) is 0.836. The third kappa shape index (κ3) is 4.17. The molecule has 2 aromatic rings. The van der Waals surface area contributed by atoms with Gasteiger partial charge in [-0.3, -0.25) is 0 Å². The van der Waals surface area contributed by atoms with Crippen LogP contribution in [0.1, 0.15) is 18.1 Å². The first-order chi connectivity index (χ1) is 9.81. The second-order valence-electron chi connectivity index (χ2n) is 4.47. The standard InChI is InChI=1S/C16H18N2O2/c1-2-17-11-13-5-9-16(10-6-13)20-12-14-3-7-15(18-19)8-4-14/h3-10,17H,2,11-12H2,1H3. The van der Waals surface area contributed by atoms with Crippen LogP contribution in [-0.4, -0.2) is 6.54 Å². The molecule has 4 heteroatoms. The molecule has 0 aliphatic heterocycles. The lowest BCUT2D eigenvalue weighted by Gasteiger charge is -2.07. The van der Waals surface area contributed by atoms with Crippen molar-refractivity contribution in [1.29, 1.82) is 0 Å². The highest BCUT2D eigenvalue weighted by Crippen LogP contribution is 2.16. The molecule has 0 fully saturated rings. The SMILES string of the molecule is CCNCc1ccc(OCc2ccc(N=O)cc2)cc1. The Morgan fingerprint density at radius 1 is 1.00 bits per heavy atom. The van der Waals surface area contributed by atoms with Gasteiger partial charge in [0, 0.05) is 6.54 Å². The number of hydrogen-bond acceptors (Lipinski definition) is 4. The van der Waals surface area contributed by atoms with Crippen molar-refractivity contribution in [2.75, 3.05) is 6.54 Å². The lowest BCUT2D eigenvalue weighted by atomic mass is 10.2. The van der Waals surface area contributed by atoms with Crippen molar-refractivity contribution < 1.29 is 4.74 Å². The van der Waals surface area contributed by atoms with Crippen molar-refractivity contribution in [2.45, 2.75) is 20.1 Å². The van der Waals surface area contributed by atoms with Gasteiger partial charge < -0.3 is 10.1 Å². The minimum atomic E-state index is 0.432. The van der Waals surface area contributed by atoms with Gasteiger partial charge in [0.15, 0.2) is 0 Å². The molecule has 0 amide bonds.